The zero-order valence-corrected chi connectivity index (χ0v) is 14.2. The summed E-state index contributed by atoms with van der Waals surface area (Å²) in [4.78, 5) is 0. The van der Waals surface area contributed by atoms with Gasteiger partial charge >= 0.3 is 0 Å². The first-order chi connectivity index (χ1) is 11.6. The van der Waals surface area contributed by atoms with Gasteiger partial charge in [0.2, 0.25) is 0 Å². The van der Waals surface area contributed by atoms with Crippen LogP contribution in [0, 0.1) is 45.3 Å². The highest BCUT2D eigenvalue weighted by Crippen LogP contribution is 2.54. The Morgan fingerprint density at radius 3 is 2.42 bits per heavy atom. The van der Waals surface area contributed by atoms with E-state index in [0.717, 1.165) is 22.6 Å². The third-order valence-corrected chi connectivity index (χ3v) is 5.91. The molecule has 0 spiro atoms. The second-order valence-corrected chi connectivity index (χ2v) is 7.28. The van der Waals surface area contributed by atoms with E-state index in [1.165, 1.54) is 0 Å². The molecule has 0 saturated carbocycles. The van der Waals surface area contributed by atoms with Gasteiger partial charge in [0.25, 0.3) is 0 Å². The summed E-state index contributed by atoms with van der Waals surface area (Å²) in [5.74, 6) is 0.999. The molecule has 0 fully saturated rings. The van der Waals surface area contributed by atoms with Crippen LogP contribution in [-0.2, 0) is 0 Å². The lowest BCUT2D eigenvalue weighted by atomic mass is 9.59. The van der Waals surface area contributed by atoms with E-state index in [9.17, 15) is 15.8 Å². The first-order valence-electron chi connectivity index (χ1n) is 7.35. The van der Waals surface area contributed by atoms with Crippen LogP contribution < -0.4 is 5.73 Å². The van der Waals surface area contributed by atoms with Gasteiger partial charge in [-0.05, 0) is 23.3 Å². The Hall–Kier alpha value is -2.39. The molecule has 2 atom stereocenters. The summed E-state index contributed by atoms with van der Waals surface area (Å²) < 4.78 is 0. The Morgan fingerprint density at radius 1 is 1.17 bits per heavy atom. The van der Waals surface area contributed by atoms with E-state index < -0.39 is 11.3 Å². The maximum absolute atomic E-state index is 9.85. The number of nitrogens with zero attached hydrogens (tertiary/aromatic N) is 3. The third kappa shape index (κ3) is 2.28. The molecule has 1 aromatic rings. The van der Waals surface area contributed by atoms with Crippen LogP contribution in [0.25, 0.3) is 0 Å². The van der Waals surface area contributed by atoms with Crippen LogP contribution in [0.2, 0.25) is 5.02 Å². The topological polar surface area (TPSA) is 97.4 Å². The number of rotatable bonds is 1. The Balaban J connectivity index is 2.31. The van der Waals surface area contributed by atoms with Gasteiger partial charge in [-0.15, -0.1) is 0 Å². The highest BCUT2D eigenvalue weighted by Gasteiger charge is 2.53. The number of benzene rings is 1. The molecule has 2 N–H and O–H groups in total. The fourth-order valence-electron chi connectivity index (χ4n) is 3.53. The summed E-state index contributed by atoms with van der Waals surface area (Å²) in [6.45, 7) is 0. The molecule has 118 valence electrons. The van der Waals surface area contributed by atoms with Gasteiger partial charge in [0.15, 0.2) is 5.41 Å². The molecule has 0 bridgehead atoms. The smallest absolute Gasteiger partial charge is 0.191 e. The maximum atomic E-state index is 9.85. The molecule has 3 rings (SSSR count). The summed E-state index contributed by atoms with van der Waals surface area (Å²) >= 11 is 7.70. The van der Waals surface area contributed by atoms with E-state index in [1.807, 2.05) is 18.2 Å². The predicted molar refractivity (Wildman–Crippen MR) is 93.6 cm³/mol. The third-order valence-electron chi connectivity index (χ3n) is 4.66. The summed E-state index contributed by atoms with van der Waals surface area (Å²) in [7, 11) is 0. The molecule has 6 heteroatoms. The van der Waals surface area contributed by atoms with E-state index in [1.54, 1.807) is 23.9 Å². The van der Waals surface area contributed by atoms with E-state index >= 15 is 0 Å². The molecule has 24 heavy (non-hydrogen) atoms. The monoisotopic (exact) mass is 352 g/mol. The van der Waals surface area contributed by atoms with Crippen molar-refractivity contribution in [2.45, 2.75) is 5.92 Å². The zero-order valence-electron chi connectivity index (χ0n) is 12.7. The highest BCUT2D eigenvalue weighted by molar-refractivity contribution is 7.99. The average molecular weight is 353 g/mol. The van der Waals surface area contributed by atoms with Crippen molar-refractivity contribution in [2.24, 2.45) is 17.1 Å². The van der Waals surface area contributed by atoms with Gasteiger partial charge in [0, 0.05) is 28.4 Å². The molecule has 0 saturated heterocycles. The molecule has 0 radical (unpaired) electrons. The molecule has 4 nitrogen and oxygen atoms in total. The SMILES string of the molecule is N#CC1=C(N)C(C#N)(C#N)[C@H](c2ccc(Cl)cc2)[C@H]2CSCC=C12. The number of fused-ring (bicyclic) bond motifs is 1. The first kappa shape index (κ1) is 16.5. The van der Waals surface area contributed by atoms with Crippen molar-refractivity contribution in [3.63, 3.8) is 0 Å². The molecule has 1 aromatic carbocycles. The molecule has 0 aromatic heterocycles. The second-order valence-electron chi connectivity index (χ2n) is 5.76. The van der Waals surface area contributed by atoms with Crippen LogP contribution in [0.5, 0.6) is 0 Å². The molecule has 2 aliphatic rings. The summed E-state index contributed by atoms with van der Waals surface area (Å²) in [5.41, 5.74) is 6.67. The molecular formula is C18H13ClN4S. The largest absolute Gasteiger partial charge is 0.399 e. The van der Waals surface area contributed by atoms with Crippen molar-refractivity contribution in [3.05, 3.63) is 57.8 Å². The number of allylic oxidation sites excluding steroid dienone is 3. The second kappa shape index (κ2) is 6.25. The standard InChI is InChI=1S/C18H13ClN4S/c19-12-3-1-11(2-4-12)16-15-8-24-6-5-13(15)14(7-20)17(23)18(16,9-21)10-22/h1-5,15-16H,6,8,23H2/t15-,16+/m0/s1. The van der Waals surface area contributed by atoms with Gasteiger partial charge in [-0.25, -0.2) is 0 Å². The number of nitriles is 3. The fraction of sp³-hybridized carbons (Fsp3) is 0.278. The van der Waals surface area contributed by atoms with E-state index in [0.29, 0.717) is 5.02 Å². The van der Waals surface area contributed by atoms with Crippen molar-refractivity contribution in [3.8, 4) is 18.2 Å². The Morgan fingerprint density at radius 2 is 1.83 bits per heavy atom. The summed E-state index contributed by atoms with van der Waals surface area (Å²) in [6, 6.07) is 13.5. The number of hydrogen-bond acceptors (Lipinski definition) is 5. The molecular weight excluding hydrogens is 340 g/mol. The molecule has 1 aliphatic carbocycles. The van der Waals surface area contributed by atoms with Gasteiger partial charge in [-0.1, -0.05) is 29.8 Å². The van der Waals surface area contributed by atoms with E-state index in [4.69, 9.17) is 17.3 Å². The predicted octanol–water partition coefficient (Wildman–Crippen LogP) is 3.50. The Labute approximate surface area is 149 Å². The minimum absolute atomic E-state index is 0.0596. The van der Waals surface area contributed by atoms with Gasteiger partial charge in [0.05, 0.1) is 23.4 Å². The molecule has 0 amide bonds. The van der Waals surface area contributed by atoms with Crippen molar-refractivity contribution in [1.29, 1.82) is 15.8 Å². The van der Waals surface area contributed by atoms with Crippen LogP contribution >= 0.6 is 23.4 Å². The van der Waals surface area contributed by atoms with Gasteiger partial charge < -0.3 is 5.73 Å². The van der Waals surface area contributed by atoms with Crippen molar-refractivity contribution in [1.82, 2.24) is 0 Å². The molecule has 1 heterocycles. The van der Waals surface area contributed by atoms with Crippen molar-refractivity contribution in [2.75, 3.05) is 11.5 Å². The number of halogens is 1. The Bertz CT molecular complexity index is 850. The molecule has 0 unspecified atom stereocenters. The highest BCUT2D eigenvalue weighted by atomic mass is 35.5. The minimum atomic E-state index is -1.56. The summed E-state index contributed by atoms with van der Waals surface area (Å²) in [6.07, 6.45) is 1.99. The lowest BCUT2D eigenvalue weighted by Crippen LogP contribution is -2.43. The molecule has 1 aliphatic heterocycles. The zero-order chi connectivity index (χ0) is 17.3. The van der Waals surface area contributed by atoms with Crippen LogP contribution in [0.3, 0.4) is 0 Å². The van der Waals surface area contributed by atoms with Gasteiger partial charge in [-0.3, -0.25) is 0 Å². The van der Waals surface area contributed by atoms with Crippen LogP contribution in [0.1, 0.15) is 11.5 Å². The minimum Gasteiger partial charge on any atom is -0.399 e. The normalized spacial score (nSPS) is 24.8. The van der Waals surface area contributed by atoms with Crippen LogP contribution in [0.4, 0.5) is 0 Å². The number of thioether (sulfide) groups is 1. The summed E-state index contributed by atoms with van der Waals surface area (Å²) in [5, 5.41) is 29.8. The van der Waals surface area contributed by atoms with Gasteiger partial charge in [0.1, 0.15) is 6.07 Å². The van der Waals surface area contributed by atoms with Crippen molar-refractivity contribution < 1.29 is 0 Å². The maximum Gasteiger partial charge on any atom is 0.191 e. The van der Waals surface area contributed by atoms with Crippen LogP contribution in [0.15, 0.2) is 47.2 Å². The van der Waals surface area contributed by atoms with Crippen LogP contribution in [-0.4, -0.2) is 11.5 Å². The lowest BCUT2D eigenvalue weighted by molar-refractivity contribution is 0.368. The van der Waals surface area contributed by atoms with Crippen molar-refractivity contribution >= 4 is 23.4 Å². The van der Waals surface area contributed by atoms with E-state index in [2.05, 4.69) is 18.2 Å². The number of hydrogen-bond donors (Lipinski definition) is 1. The van der Waals surface area contributed by atoms with E-state index in [-0.39, 0.29) is 17.2 Å². The van der Waals surface area contributed by atoms with Gasteiger partial charge in [-0.2, -0.15) is 27.5 Å². The first-order valence-corrected chi connectivity index (χ1v) is 8.88. The Kier molecular flexibility index (Phi) is 4.29. The quantitative estimate of drug-likeness (QED) is 0.834. The fourth-order valence-corrected chi connectivity index (χ4v) is 4.72. The number of nitrogens with two attached hydrogens (primary N) is 1. The lowest BCUT2D eigenvalue weighted by Gasteiger charge is -2.43. The average Bonchev–Trinajstić information content (AvgIpc) is 2.62.